The van der Waals surface area contributed by atoms with E-state index in [1.807, 2.05) is 0 Å². The molecule has 0 rings (SSSR count). The summed E-state index contributed by atoms with van der Waals surface area (Å²) in [4.78, 5) is 0. The molecule has 0 aliphatic rings. The van der Waals surface area contributed by atoms with E-state index in [2.05, 4.69) is 81.6 Å². The summed E-state index contributed by atoms with van der Waals surface area (Å²) in [6.07, 6.45) is 0. The molecule has 176 valence electrons. The van der Waals surface area contributed by atoms with Crippen molar-refractivity contribution in [2.75, 3.05) is 0 Å². The zero-order valence-corrected chi connectivity index (χ0v) is 26.8. The summed E-state index contributed by atoms with van der Waals surface area (Å²) in [5, 5.41) is 0. The van der Waals surface area contributed by atoms with Gasteiger partial charge in [0.2, 0.25) is 0 Å². The minimum Gasteiger partial charge on any atom is -0.395 e. The first-order chi connectivity index (χ1) is 13.3. The van der Waals surface area contributed by atoms with Crippen molar-refractivity contribution in [1.29, 1.82) is 0 Å². The molecule has 9 heteroatoms. The van der Waals surface area contributed by atoms with Gasteiger partial charge in [-0.2, -0.15) is 0 Å². The minimum atomic E-state index is -3.26. The molecule has 0 spiro atoms. The van der Waals surface area contributed by atoms with Crippen molar-refractivity contribution < 1.29 is 16.5 Å². The van der Waals surface area contributed by atoms with Crippen LogP contribution in [0.3, 0.4) is 0 Å². The fraction of sp³-hybridized carbons (Fsp3) is 1.00. The molecule has 0 aliphatic heterocycles. The summed E-state index contributed by atoms with van der Waals surface area (Å²) in [5.74, 6) is 0. The average molecular weight is 497 g/mol. The third kappa shape index (κ3) is 8.76. The van der Waals surface area contributed by atoms with Gasteiger partial charge in [0.1, 0.15) is 0 Å². The Labute approximate surface area is 188 Å². The second-order valence-corrected chi connectivity index (χ2v) is 31.1. The Balaban J connectivity index is 6.57. The van der Waals surface area contributed by atoms with Crippen LogP contribution >= 0.6 is 0 Å². The average Bonchev–Trinajstić information content (AvgIpc) is 2.73. The molecule has 0 bridgehead atoms. The first kappa shape index (κ1) is 29.9. The lowest BCUT2D eigenvalue weighted by molar-refractivity contribution is 0.142. The van der Waals surface area contributed by atoms with Gasteiger partial charge >= 0.3 is 9.05 Å². The van der Waals surface area contributed by atoms with Gasteiger partial charge in [-0.1, -0.05) is 55.4 Å². The SMILES string of the molecule is CC[Si](C)(CC)O[Si](O[Si](C)(CC)CC)(O[Si](C)(CC)CC)O[Si](C)(CC)CC. The van der Waals surface area contributed by atoms with E-state index in [9.17, 15) is 0 Å². The summed E-state index contributed by atoms with van der Waals surface area (Å²) in [6.45, 7) is 27.5. The van der Waals surface area contributed by atoms with Crippen LogP contribution in [0.2, 0.25) is 74.5 Å². The molecule has 0 saturated carbocycles. The summed E-state index contributed by atoms with van der Waals surface area (Å²) in [5.41, 5.74) is 0. The molecule has 0 aromatic heterocycles. The second kappa shape index (κ2) is 12.2. The van der Waals surface area contributed by atoms with Crippen LogP contribution in [0, 0.1) is 0 Å². The predicted molar refractivity (Wildman–Crippen MR) is 140 cm³/mol. The van der Waals surface area contributed by atoms with E-state index in [0.29, 0.717) is 0 Å². The summed E-state index contributed by atoms with van der Waals surface area (Å²) < 4.78 is 28.5. The number of hydrogen-bond acceptors (Lipinski definition) is 4. The molecule has 29 heavy (non-hydrogen) atoms. The standard InChI is InChI=1S/C20H52O4Si5/c1-13-25(9,14-2)21-29(22-26(10,15-3)16-4,23-27(11,17-5)18-6)24-28(12,19-7)20-8/h13-20H2,1-12H3. The molecule has 0 saturated heterocycles. The van der Waals surface area contributed by atoms with Crippen molar-refractivity contribution in [3.05, 3.63) is 0 Å². The van der Waals surface area contributed by atoms with Gasteiger partial charge in [-0.3, -0.25) is 0 Å². The summed E-state index contributed by atoms with van der Waals surface area (Å²) in [6, 6.07) is 8.54. The first-order valence-electron chi connectivity index (χ1n) is 12.1. The molecule has 0 amide bonds. The van der Waals surface area contributed by atoms with Gasteiger partial charge in [0.05, 0.1) is 0 Å². The second-order valence-electron chi connectivity index (χ2n) is 9.54. The molecular formula is C20H52O4Si5. The van der Waals surface area contributed by atoms with E-state index in [-0.39, 0.29) is 0 Å². The third-order valence-electron chi connectivity index (χ3n) is 7.47. The fourth-order valence-corrected chi connectivity index (χ4v) is 22.4. The first-order valence-corrected chi connectivity index (χ1v) is 25.0. The highest BCUT2D eigenvalue weighted by atomic mass is 28.5. The molecule has 0 fully saturated rings. The molecule has 4 nitrogen and oxygen atoms in total. The highest BCUT2D eigenvalue weighted by Gasteiger charge is 2.59. The molecule has 0 radical (unpaired) electrons. The molecule has 0 N–H and O–H groups in total. The zero-order chi connectivity index (χ0) is 23.0. The highest BCUT2D eigenvalue weighted by Crippen LogP contribution is 2.36. The lowest BCUT2D eigenvalue weighted by Crippen LogP contribution is -2.67. The van der Waals surface area contributed by atoms with Crippen molar-refractivity contribution in [2.45, 2.75) is 130 Å². The van der Waals surface area contributed by atoms with Crippen LogP contribution in [-0.4, -0.2) is 42.3 Å². The summed E-state index contributed by atoms with van der Waals surface area (Å²) >= 11 is 0. The Hall–Kier alpha value is 0.924. The predicted octanol–water partition coefficient (Wildman–Crippen LogP) is 7.95. The van der Waals surface area contributed by atoms with Crippen LogP contribution in [0.4, 0.5) is 0 Å². The van der Waals surface area contributed by atoms with Gasteiger partial charge in [-0.05, 0) is 74.5 Å². The van der Waals surface area contributed by atoms with Crippen molar-refractivity contribution in [3.8, 4) is 0 Å². The molecule has 0 aromatic carbocycles. The molecule has 0 heterocycles. The van der Waals surface area contributed by atoms with E-state index < -0.39 is 42.3 Å². The van der Waals surface area contributed by atoms with Crippen LogP contribution in [0.1, 0.15) is 55.4 Å². The van der Waals surface area contributed by atoms with Gasteiger partial charge < -0.3 is 16.5 Å². The van der Waals surface area contributed by atoms with Crippen molar-refractivity contribution >= 4 is 42.3 Å². The summed E-state index contributed by atoms with van der Waals surface area (Å²) in [7, 11) is -11.1. The molecule has 0 aliphatic carbocycles. The largest absolute Gasteiger partial charge is 0.637 e. The maximum absolute atomic E-state index is 7.14. The van der Waals surface area contributed by atoms with Crippen LogP contribution in [0.15, 0.2) is 0 Å². The van der Waals surface area contributed by atoms with E-state index in [4.69, 9.17) is 16.5 Å². The van der Waals surface area contributed by atoms with Gasteiger partial charge in [0.25, 0.3) is 0 Å². The Morgan fingerprint density at radius 3 is 0.586 bits per heavy atom. The topological polar surface area (TPSA) is 36.9 Å². The minimum absolute atomic E-state index is 1.07. The number of rotatable bonds is 16. The van der Waals surface area contributed by atoms with E-state index >= 15 is 0 Å². The van der Waals surface area contributed by atoms with Gasteiger partial charge in [-0.25, -0.2) is 0 Å². The molecule has 0 aromatic rings. The Bertz CT molecular complexity index is 376. The van der Waals surface area contributed by atoms with Crippen molar-refractivity contribution in [1.82, 2.24) is 0 Å². The normalized spacial score (nSPS) is 14.5. The van der Waals surface area contributed by atoms with Gasteiger partial charge in [-0.15, -0.1) is 0 Å². The van der Waals surface area contributed by atoms with Gasteiger partial charge in [0.15, 0.2) is 33.3 Å². The fourth-order valence-electron chi connectivity index (χ4n) is 2.91. The molecule has 0 unspecified atom stereocenters. The smallest absolute Gasteiger partial charge is 0.395 e. The van der Waals surface area contributed by atoms with Crippen molar-refractivity contribution in [3.63, 3.8) is 0 Å². The highest BCUT2D eigenvalue weighted by molar-refractivity contribution is 6.92. The lowest BCUT2D eigenvalue weighted by Gasteiger charge is -2.47. The monoisotopic (exact) mass is 496 g/mol. The maximum atomic E-state index is 7.14. The van der Waals surface area contributed by atoms with Crippen LogP contribution < -0.4 is 0 Å². The van der Waals surface area contributed by atoms with E-state index in [1.54, 1.807) is 0 Å². The van der Waals surface area contributed by atoms with Crippen LogP contribution in [-0.2, 0) is 16.5 Å². The van der Waals surface area contributed by atoms with E-state index in [0.717, 1.165) is 48.4 Å². The third-order valence-corrected chi connectivity index (χ3v) is 31.3. The molecular weight excluding hydrogens is 445 g/mol. The van der Waals surface area contributed by atoms with Crippen LogP contribution in [0.5, 0.6) is 0 Å². The maximum Gasteiger partial charge on any atom is 0.637 e. The Kier molecular flexibility index (Phi) is 12.6. The lowest BCUT2D eigenvalue weighted by atomic mass is 10.9. The van der Waals surface area contributed by atoms with E-state index in [1.165, 1.54) is 0 Å². The van der Waals surface area contributed by atoms with Gasteiger partial charge in [0, 0.05) is 0 Å². The van der Waals surface area contributed by atoms with Crippen molar-refractivity contribution in [2.24, 2.45) is 0 Å². The Morgan fingerprint density at radius 2 is 0.483 bits per heavy atom. The molecule has 0 atom stereocenters. The van der Waals surface area contributed by atoms with Crippen LogP contribution in [0.25, 0.3) is 0 Å². The quantitative estimate of drug-likeness (QED) is 0.203. The zero-order valence-electron chi connectivity index (χ0n) is 21.8. The Morgan fingerprint density at radius 1 is 0.345 bits per heavy atom. The number of hydrogen-bond donors (Lipinski definition) is 0.